The van der Waals surface area contributed by atoms with Crippen LogP contribution in [-0.2, 0) is 9.05 Å². The van der Waals surface area contributed by atoms with Gasteiger partial charge in [0.25, 0.3) is 15.0 Å². The Labute approximate surface area is 136 Å². The Hall–Kier alpha value is -0.300. The molecule has 0 aromatic heterocycles. The molecular formula is C12H14BrCl2NO3S. The maximum atomic E-state index is 12.0. The number of hydrogen-bond donors (Lipinski definition) is 1. The summed E-state index contributed by atoms with van der Waals surface area (Å²) >= 11 is 8.96. The summed E-state index contributed by atoms with van der Waals surface area (Å²) in [6.45, 7) is 3.89. The van der Waals surface area contributed by atoms with Crippen molar-refractivity contribution in [2.45, 2.75) is 37.6 Å². The molecule has 8 heteroatoms. The minimum Gasteiger partial charge on any atom is -0.350 e. The molecular weight excluding hydrogens is 389 g/mol. The highest BCUT2D eigenvalue weighted by molar-refractivity contribution is 9.10. The minimum atomic E-state index is -3.99. The lowest BCUT2D eigenvalue weighted by atomic mass is 10.1. The highest BCUT2D eigenvalue weighted by Gasteiger charge is 2.21. The second-order valence-electron chi connectivity index (χ2n) is 4.37. The zero-order valence-corrected chi connectivity index (χ0v) is 14.8. The zero-order valence-electron chi connectivity index (χ0n) is 10.9. The summed E-state index contributed by atoms with van der Waals surface area (Å²) in [7, 11) is 1.33. The number of halogens is 3. The van der Waals surface area contributed by atoms with Crippen LogP contribution in [0.25, 0.3) is 0 Å². The normalized spacial score (nSPS) is 13.1. The molecule has 0 fully saturated rings. The van der Waals surface area contributed by atoms with E-state index in [0.717, 1.165) is 12.8 Å². The fraction of sp³-hybridized carbons (Fsp3) is 0.417. The van der Waals surface area contributed by atoms with Crippen LogP contribution in [0.4, 0.5) is 0 Å². The van der Waals surface area contributed by atoms with Crippen molar-refractivity contribution in [2.75, 3.05) is 0 Å². The van der Waals surface area contributed by atoms with Crippen molar-refractivity contribution in [3.63, 3.8) is 0 Å². The molecule has 0 radical (unpaired) electrons. The molecule has 1 unspecified atom stereocenters. The van der Waals surface area contributed by atoms with Crippen LogP contribution in [0.2, 0.25) is 5.02 Å². The third-order valence-electron chi connectivity index (χ3n) is 2.62. The van der Waals surface area contributed by atoms with Crippen LogP contribution in [0.3, 0.4) is 0 Å². The molecule has 0 spiro atoms. The maximum Gasteiger partial charge on any atom is 0.262 e. The standard InChI is InChI=1S/C12H14BrCl2NO3S/c1-3-4-7(2)16-12(17)8-5-9(14)11(13)10(6-8)20(15,18)19/h5-7H,3-4H2,1-2H3,(H,16,17). The largest absolute Gasteiger partial charge is 0.350 e. The van der Waals surface area contributed by atoms with Gasteiger partial charge in [0, 0.05) is 22.3 Å². The molecule has 0 aliphatic heterocycles. The van der Waals surface area contributed by atoms with E-state index in [1.54, 1.807) is 0 Å². The predicted molar refractivity (Wildman–Crippen MR) is 84.0 cm³/mol. The second-order valence-corrected chi connectivity index (χ2v) is 8.11. The molecule has 20 heavy (non-hydrogen) atoms. The molecule has 1 rings (SSSR count). The summed E-state index contributed by atoms with van der Waals surface area (Å²) in [6.07, 6.45) is 1.76. The maximum absolute atomic E-state index is 12.0. The minimum absolute atomic E-state index is 0.00835. The monoisotopic (exact) mass is 401 g/mol. The van der Waals surface area contributed by atoms with Gasteiger partial charge in [0.2, 0.25) is 0 Å². The molecule has 112 valence electrons. The third-order valence-corrected chi connectivity index (χ3v) is 5.61. The van der Waals surface area contributed by atoms with Gasteiger partial charge in [0.15, 0.2) is 0 Å². The Morgan fingerprint density at radius 2 is 2.05 bits per heavy atom. The summed E-state index contributed by atoms with van der Waals surface area (Å²) in [5.41, 5.74) is 0.153. The smallest absolute Gasteiger partial charge is 0.262 e. The van der Waals surface area contributed by atoms with Crippen molar-refractivity contribution >= 4 is 53.2 Å². The number of amides is 1. The van der Waals surface area contributed by atoms with E-state index in [0.29, 0.717) is 0 Å². The Balaban J connectivity index is 3.15. The molecule has 0 aliphatic rings. The first-order valence-electron chi connectivity index (χ1n) is 5.91. The highest BCUT2D eigenvalue weighted by Crippen LogP contribution is 2.33. The number of nitrogens with one attached hydrogen (secondary N) is 1. The number of carbonyl (C=O) groups is 1. The average Bonchev–Trinajstić information content (AvgIpc) is 2.30. The molecule has 0 saturated heterocycles. The molecule has 0 heterocycles. The van der Waals surface area contributed by atoms with E-state index < -0.39 is 9.05 Å². The van der Waals surface area contributed by atoms with E-state index in [1.807, 2.05) is 13.8 Å². The summed E-state index contributed by atoms with van der Waals surface area (Å²) in [4.78, 5) is 11.8. The van der Waals surface area contributed by atoms with Crippen LogP contribution in [-0.4, -0.2) is 20.4 Å². The van der Waals surface area contributed by atoms with Crippen molar-refractivity contribution in [2.24, 2.45) is 0 Å². The Kier molecular flexibility index (Phi) is 6.31. The van der Waals surface area contributed by atoms with Crippen LogP contribution in [0, 0.1) is 0 Å². The lowest BCUT2D eigenvalue weighted by molar-refractivity contribution is 0.0938. The third kappa shape index (κ3) is 4.62. The zero-order chi connectivity index (χ0) is 15.5. The summed E-state index contributed by atoms with van der Waals surface area (Å²) in [5.74, 6) is -0.387. The van der Waals surface area contributed by atoms with Crippen molar-refractivity contribution in [3.05, 3.63) is 27.2 Å². The molecule has 1 atom stereocenters. The van der Waals surface area contributed by atoms with E-state index in [-0.39, 0.29) is 31.9 Å². The number of benzene rings is 1. The second kappa shape index (κ2) is 7.11. The van der Waals surface area contributed by atoms with Gasteiger partial charge in [-0.25, -0.2) is 8.42 Å². The SMILES string of the molecule is CCCC(C)NC(=O)c1cc(Cl)c(Br)c(S(=O)(=O)Cl)c1. The Morgan fingerprint density at radius 1 is 1.45 bits per heavy atom. The number of rotatable bonds is 5. The van der Waals surface area contributed by atoms with E-state index in [9.17, 15) is 13.2 Å². The van der Waals surface area contributed by atoms with E-state index in [4.69, 9.17) is 22.3 Å². The lowest BCUT2D eigenvalue weighted by Gasteiger charge is -2.14. The van der Waals surface area contributed by atoms with E-state index >= 15 is 0 Å². The first-order valence-corrected chi connectivity index (χ1v) is 9.39. The molecule has 1 N–H and O–H groups in total. The van der Waals surface area contributed by atoms with Gasteiger partial charge in [-0.1, -0.05) is 24.9 Å². The van der Waals surface area contributed by atoms with Crippen molar-refractivity contribution < 1.29 is 13.2 Å². The highest BCUT2D eigenvalue weighted by atomic mass is 79.9. The molecule has 0 aliphatic carbocycles. The number of carbonyl (C=O) groups excluding carboxylic acids is 1. The van der Waals surface area contributed by atoms with Crippen molar-refractivity contribution in [1.82, 2.24) is 5.32 Å². The molecule has 1 aromatic carbocycles. The summed E-state index contributed by atoms with van der Waals surface area (Å²) in [6, 6.07) is 2.59. The molecule has 0 saturated carbocycles. The van der Waals surface area contributed by atoms with Crippen LogP contribution < -0.4 is 5.32 Å². The lowest BCUT2D eigenvalue weighted by Crippen LogP contribution is -2.32. The molecule has 4 nitrogen and oxygen atoms in total. The predicted octanol–water partition coefficient (Wildman–Crippen LogP) is 3.95. The van der Waals surface area contributed by atoms with Gasteiger partial charge in [-0.2, -0.15) is 0 Å². The van der Waals surface area contributed by atoms with E-state index in [1.165, 1.54) is 12.1 Å². The topological polar surface area (TPSA) is 63.2 Å². The average molecular weight is 403 g/mol. The molecule has 1 amide bonds. The van der Waals surface area contributed by atoms with Gasteiger partial charge in [-0.3, -0.25) is 4.79 Å². The summed E-state index contributed by atoms with van der Waals surface area (Å²) < 4.78 is 23.0. The van der Waals surface area contributed by atoms with Gasteiger partial charge < -0.3 is 5.32 Å². The Morgan fingerprint density at radius 3 is 2.55 bits per heavy atom. The van der Waals surface area contributed by atoms with Gasteiger partial charge in [0.1, 0.15) is 0 Å². The van der Waals surface area contributed by atoms with Gasteiger partial charge in [0.05, 0.1) is 14.4 Å². The van der Waals surface area contributed by atoms with Crippen LogP contribution >= 0.6 is 38.2 Å². The van der Waals surface area contributed by atoms with Crippen molar-refractivity contribution in [1.29, 1.82) is 0 Å². The van der Waals surface area contributed by atoms with Crippen LogP contribution in [0.15, 0.2) is 21.5 Å². The quantitative estimate of drug-likeness (QED) is 0.758. The Bertz CT molecular complexity index is 619. The number of hydrogen-bond acceptors (Lipinski definition) is 3. The van der Waals surface area contributed by atoms with E-state index in [2.05, 4.69) is 21.2 Å². The summed E-state index contributed by atoms with van der Waals surface area (Å²) in [5, 5.41) is 2.88. The fourth-order valence-corrected chi connectivity index (χ4v) is 4.06. The first-order chi connectivity index (χ1) is 9.16. The van der Waals surface area contributed by atoms with Crippen LogP contribution in [0.5, 0.6) is 0 Å². The van der Waals surface area contributed by atoms with Gasteiger partial charge >= 0.3 is 0 Å². The van der Waals surface area contributed by atoms with Gasteiger partial charge in [-0.05, 0) is 41.4 Å². The fourth-order valence-electron chi connectivity index (χ4n) is 1.68. The van der Waals surface area contributed by atoms with Gasteiger partial charge in [-0.15, -0.1) is 0 Å². The molecule has 0 bridgehead atoms. The van der Waals surface area contributed by atoms with Crippen LogP contribution in [0.1, 0.15) is 37.0 Å². The first kappa shape index (κ1) is 17.8. The van der Waals surface area contributed by atoms with Crippen molar-refractivity contribution in [3.8, 4) is 0 Å². The molecule has 1 aromatic rings.